The molecule has 0 amide bonds. The summed E-state index contributed by atoms with van der Waals surface area (Å²) in [6, 6.07) is 13.1. The Hall–Kier alpha value is -3.35. The highest BCUT2D eigenvalue weighted by atomic mass is 16.5. The molecule has 0 spiro atoms. The fourth-order valence-corrected chi connectivity index (χ4v) is 1.94. The molecule has 0 fully saturated rings. The fraction of sp³-hybridized carbons (Fsp3) is 0. The predicted octanol–water partition coefficient (Wildman–Crippen LogP) is 2.85. The van der Waals surface area contributed by atoms with Crippen LogP contribution in [0.15, 0.2) is 63.9 Å². The van der Waals surface area contributed by atoms with Crippen LogP contribution in [0.4, 0.5) is 0 Å². The van der Waals surface area contributed by atoms with Crippen molar-refractivity contribution in [3.05, 3.63) is 54.9 Å². The van der Waals surface area contributed by atoms with E-state index >= 15 is 0 Å². The SMILES string of the molecule is c1ccc(-c2noc(-c3nc(-c4cccnc4)no3)n2)cc1. The molecule has 3 aromatic heterocycles. The largest absolute Gasteiger partial charge is 0.328 e. The van der Waals surface area contributed by atoms with Gasteiger partial charge < -0.3 is 9.05 Å². The fourth-order valence-electron chi connectivity index (χ4n) is 1.94. The summed E-state index contributed by atoms with van der Waals surface area (Å²) < 4.78 is 10.4. The van der Waals surface area contributed by atoms with Gasteiger partial charge in [0.05, 0.1) is 0 Å². The van der Waals surface area contributed by atoms with E-state index in [1.54, 1.807) is 18.5 Å². The maximum atomic E-state index is 5.18. The van der Waals surface area contributed by atoms with E-state index in [4.69, 9.17) is 9.05 Å². The van der Waals surface area contributed by atoms with Gasteiger partial charge in [0.2, 0.25) is 11.6 Å². The van der Waals surface area contributed by atoms with E-state index in [0.29, 0.717) is 11.6 Å². The molecular weight excluding hydrogens is 282 g/mol. The third-order valence-corrected chi connectivity index (χ3v) is 2.99. The van der Waals surface area contributed by atoms with Crippen molar-refractivity contribution in [2.45, 2.75) is 0 Å². The first kappa shape index (κ1) is 12.4. The molecule has 7 heteroatoms. The van der Waals surface area contributed by atoms with Gasteiger partial charge in [0.25, 0.3) is 0 Å². The molecule has 0 saturated carbocycles. The van der Waals surface area contributed by atoms with Crippen LogP contribution in [-0.2, 0) is 0 Å². The van der Waals surface area contributed by atoms with Gasteiger partial charge in [-0.2, -0.15) is 9.97 Å². The van der Waals surface area contributed by atoms with Crippen LogP contribution in [0.25, 0.3) is 34.6 Å². The van der Waals surface area contributed by atoms with E-state index in [1.807, 2.05) is 36.4 Å². The maximum Gasteiger partial charge on any atom is 0.316 e. The summed E-state index contributed by atoms with van der Waals surface area (Å²) in [6.45, 7) is 0. The van der Waals surface area contributed by atoms with Crippen LogP contribution in [0.5, 0.6) is 0 Å². The minimum atomic E-state index is 0.175. The summed E-state index contributed by atoms with van der Waals surface area (Å²) in [5.74, 6) is 1.24. The number of nitrogens with zero attached hydrogens (tertiary/aromatic N) is 5. The third kappa shape index (κ3) is 2.24. The van der Waals surface area contributed by atoms with E-state index in [1.165, 1.54) is 0 Å². The third-order valence-electron chi connectivity index (χ3n) is 2.99. The van der Waals surface area contributed by atoms with Crippen LogP contribution < -0.4 is 0 Å². The molecule has 0 aliphatic rings. The number of hydrogen-bond acceptors (Lipinski definition) is 7. The Labute approximate surface area is 124 Å². The number of pyridine rings is 1. The average Bonchev–Trinajstić information content (AvgIpc) is 3.26. The van der Waals surface area contributed by atoms with Gasteiger partial charge in [0.15, 0.2) is 0 Å². The van der Waals surface area contributed by atoms with E-state index in [2.05, 4.69) is 25.3 Å². The van der Waals surface area contributed by atoms with E-state index in [-0.39, 0.29) is 11.8 Å². The van der Waals surface area contributed by atoms with Crippen LogP contribution in [0.1, 0.15) is 0 Å². The normalized spacial score (nSPS) is 10.7. The molecule has 0 bridgehead atoms. The van der Waals surface area contributed by atoms with Crippen LogP contribution in [0.2, 0.25) is 0 Å². The topological polar surface area (TPSA) is 90.7 Å². The lowest BCUT2D eigenvalue weighted by Crippen LogP contribution is -1.82. The van der Waals surface area contributed by atoms with Crippen LogP contribution >= 0.6 is 0 Å². The van der Waals surface area contributed by atoms with Crippen molar-refractivity contribution in [1.29, 1.82) is 0 Å². The van der Waals surface area contributed by atoms with Crippen molar-refractivity contribution in [3.63, 3.8) is 0 Å². The lowest BCUT2D eigenvalue weighted by atomic mass is 10.2. The monoisotopic (exact) mass is 291 g/mol. The molecule has 4 rings (SSSR count). The van der Waals surface area contributed by atoms with Gasteiger partial charge in [-0.3, -0.25) is 4.98 Å². The predicted molar refractivity (Wildman–Crippen MR) is 76.3 cm³/mol. The van der Waals surface area contributed by atoms with Gasteiger partial charge in [-0.1, -0.05) is 40.6 Å². The molecule has 0 saturated heterocycles. The molecule has 1 aromatic carbocycles. The summed E-state index contributed by atoms with van der Waals surface area (Å²) in [5.41, 5.74) is 1.60. The summed E-state index contributed by atoms with van der Waals surface area (Å²) in [4.78, 5) is 12.5. The van der Waals surface area contributed by atoms with Gasteiger partial charge >= 0.3 is 11.8 Å². The van der Waals surface area contributed by atoms with Crippen molar-refractivity contribution in [2.24, 2.45) is 0 Å². The number of rotatable bonds is 3. The number of benzene rings is 1. The van der Waals surface area contributed by atoms with Gasteiger partial charge in [-0.25, -0.2) is 0 Å². The summed E-state index contributed by atoms with van der Waals surface area (Å²) in [6.07, 6.45) is 3.33. The highest BCUT2D eigenvalue weighted by molar-refractivity contribution is 5.58. The lowest BCUT2D eigenvalue weighted by molar-refractivity contribution is 0.383. The molecule has 22 heavy (non-hydrogen) atoms. The zero-order chi connectivity index (χ0) is 14.8. The molecule has 7 nitrogen and oxygen atoms in total. The van der Waals surface area contributed by atoms with Crippen LogP contribution in [0.3, 0.4) is 0 Å². The molecule has 0 N–H and O–H groups in total. The molecule has 106 valence electrons. The smallest absolute Gasteiger partial charge is 0.316 e. The first-order valence-electron chi connectivity index (χ1n) is 6.54. The van der Waals surface area contributed by atoms with Crippen LogP contribution in [0, 0.1) is 0 Å². The highest BCUT2D eigenvalue weighted by Crippen LogP contribution is 2.23. The van der Waals surface area contributed by atoms with Crippen LogP contribution in [-0.4, -0.2) is 25.3 Å². The number of hydrogen-bond donors (Lipinski definition) is 0. The zero-order valence-corrected chi connectivity index (χ0v) is 11.2. The Morgan fingerprint density at radius 1 is 0.682 bits per heavy atom. The maximum absolute atomic E-state index is 5.18. The molecular formula is C15H9N5O2. The Bertz CT molecular complexity index is 811. The Balaban J connectivity index is 1.66. The van der Waals surface area contributed by atoms with Gasteiger partial charge in [-0.05, 0) is 12.1 Å². The minimum Gasteiger partial charge on any atom is -0.328 e. The van der Waals surface area contributed by atoms with Gasteiger partial charge in [0, 0.05) is 23.5 Å². The first-order valence-corrected chi connectivity index (χ1v) is 6.54. The summed E-state index contributed by atoms with van der Waals surface area (Å²) >= 11 is 0. The molecule has 0 radical (unpaired) electrons. The van der Waals surface area contributed by atoms with Crippen molar-refractivity contribution in [3.8, 4) is 34.6 Å². The molecule has 0 aliphatic heterocycles. The molecule has 0 unspecified atom stereocenters. The zero-order valence-electron chi connectivity index (χ0n) is 11.2. The molecule has 3 heterocycles. The van der Waals surface area contributed by atoms with E-state index < -0.39 is 0 Å². The second kappa shape index (κ2) is 5.21. The minimum absolute atomic E-state index is 0.175. The standard InChI is InChI=1S/C15H9N5O2/c1-2-5-10(6-3-1)12-17-14(21-19-12)15-18-13(20-22-15)11-7-4-8-16-9-11/h1-9H. The Morgan fingerprint density at radius 3 is 1.95 bits per heavy atom. The van der Waals surface area contributed by atoms with Crippen molar-refractivity contribution >= 4 is 0 Å². The van der Waals surface area contributed by atoms with E-state index in [0.717, 1.165) is 11.1 Å². The Morgan fingerprint density at radius 2 is 1.32 bits per heavy atom. The summed E-state index contributed by atoms with van der Waals surface area (Å²) in [7, 11) is 0. The van der Waals surface area contributed by atoms with Gasteiger partial charge in [-0.15, -0.1) is 0 Å². The van der Waals surface area contributed by atoms with Crippen molar-refractivity contribution in [1.82, 2.24) is 25.3 Å². The molecule has 0 aliphatic carbocycles. The summed E-state index contributed by atoms with van der Waals surface area (Å²) in [5, 5.41) is 7.81. The number of aromatic nitrogens is 5. The second-order valence-electron chi connectivity index (χ2n) is 4.45. The average molecular weight is 291 g/mol. The Kier molecular flexibility index (Phi) is 2.93. The van der Waals surface area contributed by atoms with Gasteiger partial charge in [0.1, 0.15) is 0 Å². The van der Waals surface area contributed by atoms with Crippen molar-refractivity contribution in [2.75, 3.05) is 0 Å². The van der Waals surface area contributed by atoms with E-state index in [9.17, 15) is 0 Å². The lowest BCUT2D eigenvalue weighted by Gasteiger charge is -1.90. The highest BCUT2D eigenvalue weighted by Gasteiger charge is 2.17. The quantitative estimate of drug-likeness (QED) is 0.573. The first-order chi connectivity index (χ1) is 10.9. The molecule has 4 aromatic rings. The molecule has 0 atom stereocenters. The second-order valence-corrected chi connectivity index (χ2v) is 4.45. The van der Waals surface area contributed by atoms with Crippen molar-refractivity contribution < 1.29 is 9.05 Å².